The van der Waals surface area contributed by atoms with Crippen molar-refractivity contribution in [2.24, 2.45) is 5.10 Å². The van der Waals surface area contributed by atoms with Crippen molar-refractivity contribution in [2.45, 2.75) is 26.3 Å². The van der Waals surface area contributed by atoms with Gasteiger partial charge in [-0.2, -0.15) is 5.10 Å². The van der Waals surface area contributed by atoms with Gasteiger partial charge in [-0.15, -0.1) is 0 Å². The van der Waals surface area contributed by atoms with Crippen LogP contribution in [0.15, 0.2) is 29.4 Å². The van der Waals surface area contributed by atoms with Crippen LogP contribution in [0.3, 0.4) is 0 Å². The summed E-state index contributed by atoms with van der Waals surface area (Å²) >= 11 is 0. The Morgan fingerprint density at radius 1 is 1.21 bits per heavy atom. The number of para-hydroxylation sites is 1. The highest BCUT2D eigenvalue weighted by molar-refractivity contribution is 6.35. The Balaban J connectivity index is 2.55. The van der Waals surface area contributed by atoms with Gasteiger partial charge in [0.25, 0.3) is 0 Å². The SMILES string of the molecule is CC(C)(C)NC(=O)C(=O)NN=Cc1ccccc1O. The molecule has 0 aliphatic rings. The van der Waals surface area contributed by atoms with Crippen molar-refractivity contribution in [2.75, 3.05) is 0 Å². The number of phenols is 1. The summed E-state index contributed by atoms with van der Waals surface area (Å²) in [5.41, 5.74) is 2.04. The highest BCUT2D eigenvalue weighted by atomic mass is 16.3. The monoisotopic (exact) mass is 263 g/mol. The summed E-state index contributed by atoms with van der Waals surface area (Å²) in [5.74, 6) is -1.58. The van der Waals surface area contributed by atoms with E-state index in [0.717, 1.165) is 0 Å². The van der Waals surface area contributed by atoms with E-state index in [1.165, 1.54) is 12.3 Å². The van der Waals surface area contributed by atoms with Gasteiger partial charge in [0.1, 0.15) is 5.75 Å². The highest BCUT2D eigenvalue weighted by Crippen LogP contribution is 2.12. The van der Waals surface area contributed by atoms with E-state index in [-0.39, 0.29) is 5.75 Å². The molecule has 6 nitrogen and oxygen atoms in total. The van der Waals surface area contributed by atoms with Crippen LogP contribution in [0.2, 0.25) is 0 Å². The molecule has 3 N–H and O–H groups in total. The Hall–Kier alpha value is -2.37. The third kappa shape index (κ3) is 5.20. The molecule has 1 aromatic carbocycles. The summed E-state index contributed by atoms with van der Waals surface area (Å²) in [7, 11) is 0. The number of carbonyl (C=O) groups is 2. The van der Waals surface area contributed by atoms with Crippen molar-refractivity contribution < 1.29 is 14.7 Å². The molecule has 0 spiro atoms. The van der Waals surface area contributed by atoms with Gasteiger partial charge in [-0.25, -0.2) is 5.43 Å². The lowest BCUT2D eigenvalue weighted by Gasteiger charge is -2.19. The fourth-order valence-electron chi connectivity index (χ4n) is 1.21. The summed E-state index contributed by atoms with van der Waals surface area (Å²) in [4.78, 5) is 22.8. The normalized spacial score (nSPS) is 11.3. The van der Waals surface area contributed by atoms with Crippen molar-refractivity contribution in [3.05, 3.63) is 29.8 Å². The van der Waals surface area contributed by atoms with E-state index in [0.29, 0.717) is 5.56 Å². The summed E-state index contributed by atoms with van der Waals surface area (Å²) in [6.45, 7) is 5.30. The molecule has 0 heterocycles. The van der Waals surface area contributed by atoms with Gasteiger partial charge in [-0.05, 0) is 32.9 Å². The zero-order valence-electron chi connectivity index (χ0n) is 11.1. The van der Waals surface area contributed by atoms with Crippen molar-refractivity contribution in [3.8, 4) is 5.75 Å². The fourth-order valence-corrected chi connectivity index (χ4v) is 1.21. The topological polar surface area (TPSA) is 90.8 Å². The molecule has 0 atom stereocenters. The molecule has 0 aromatic heterocycles. The zero-order chi connectivity index (χ0) is 14.5. The first-order valence-corrected chi connectivity index (χ1v) is 5.73. The van der Waals surface area contributed by atoms with E-state index in [9.17, 15) is 14.7 Å². The lowest BCUT2D eigenvalue weighted by molar-refractivity contribution is -0.140. The Kier molecular flexibility index (Phi) is 4.63. The highest BCUT2D eigenvalue weighted by Gasteiger charge is 2.19. The van der Waals surface area contributed by atoms with Gasteiger partial charge in [0.05, 0.1) is 6.21 Å². The van der Waals surface area contributed by atoms with E-state index in [1.54, 1.807) is 39.0 Å². The quantitative estimate of drug-likeness (QED) is 0.418. The Morgan fingerprint density at radius 3 is 2.42 bits per heavy atom. The molecule has 102 valence electrons. The first kappa shape index (κ1) is 14.7. The molecule has 0 saturated carbocycles. The van der Waals surface area contributed by atoms with Crippen LogP contribution in [0.1, 0.15) is 26.3 Å². The summed E-state index contributed by atoms with van der Waals surface area (Å²) in [6.07, 6.45) is 1.26. The number of hydrazone groups is 1. The standard InChI is InChI=1S/C13H17N3O3/c1-13(2,3)15-11(18)12(19)16-14-8-9-6-4-5-7-10(9)17/h4-8,17H,1-3H3,(H,15,18)(H,16,19). The first-order chi connectivity index (χ1) is 8.79. The average Bonchev–Trinajstić information content (AvgIpc) is 2.29. The zero-order valence-corrected chi connectivity index (χ0v) is 11.1. The fraction of sp³-hybridized carbons (Fsp3) is 0.308. The van der Waals surface area contributed by atoms with Crippen LogP contribution in [-0.4, -0.2) is 28.7 Å². The van der Waals surface area contributed by atoms with E-state index in [2.05, 4.69) is 15.8 Å². The molecule has 2 amide bonds. The number of benzene rings is 1. The van der Waals surface area contributed by atoms with Gasteiger partial charge in [0, 0.05) is 11.1 Å². The molecule has 6 heteroatoms. The number of phenolic OH excluding ortho intramolecular Hbond substituents is 1. The third-order valence-electron chi connectivity index (χ3n) is 2.00. The Bertz CT molecular complexity index is 504. The Labute approximate surface area is 111 Å². The third-order valence-corrected chi connectivity index (χ3v) is 2.00. The second-order valence-electron chi connectivity index (χ2n) is 4.96. The van der Waals surface area contributed by atoms with Crippen LogP contribution in [0.25, 0.3) is 0 Å². The van der Waals surface area contributed by atoms with Crippen LogP contribution in [0.4, 0.5) is 0 Å². The molecule has 0 fully saturated rings. The molecule has 0 bridgehead atoms. The number of rotatable bonds is 2. The minimum Gasteiger partial charge on any atom is -0.507 e. The van der Waals surface area contributed by atoms with Crippen LogP contribution in [0.5, 0.6) is 5.75 Å². The number of carbonyl (C=O) groups excluding carboxylic acids is 2. The minimum atomic E-state index is -0.860. The van der Waals surface area contributed by atoms with Crippen molar-refractivity contribution in [1.29, 1.82) is 0 Å². The van der Waals surface area contributed by atoms with Gasteiger partial charge in [0.2, 0.25) is 0 Å². The smallest absolute Gasteiger partial charge is 0.329 e. The molecule has 19 heavy (non-hydrogen) atoms. The van der Waals surface area contributed by atoms with E-state index >= 15 is 0 Å². The molecular formula is C13H17N3O3. The molecule has 0 aliphatic carbocycles. The molecule has 0 aliphatic heterocycles. The molecule has 0 saturated heterocycles. The maximum atomic E-state index is 11.4. The molecule has 1 rings (SSSR count). The molecule has 1 aromatic rings. The van der Waals surface area contributed by atoms with Gasteiger partial charge in [-0.3, -0.25) is 9.59 Å². The van der Waals surface area contributed by atoms with Crippen molar-refractivity contribution in [3.63, 3.8) is 0 Å². The van der Waals surface area contributed by atoms with Crippen LogP contribution in [-0.2, 0) is 9.59 Å². The number of hydrogen-bond donors (Lipinski definition) is 3. The summed E-state index contributed by atoms with van der Waals surface area (Å²) < 4.78 is 0. The number of aromatic hydroxyl groups is 1. The number of hydrogen-bond acceptors (Lipinski definition) is 4. The van der Waals surface area contributed by atoms with Crippen LogP contribution in [0, 0.1) is 0 Å². The summed E-state index contributed by atoms with van der Waals surface area (Å²) in [5, 5.41) is 15.6. The maximum absolute atomic E-state index is 11.4. The second-order valence-corrected chi connectivity index (χ2v) is 4.96. The predicted molar refractivity (Wildman–Crippen MR) is 71.7 cm³/mol. The van der Waals surface area contributed by atoms with Crippen LogP contribution < -0.4 is 10.7 Å². The lowest BCUT2D eigenvalue weighted by Crippen LogP contribution is -2.47. The van der Waals surface area contributed by atoms with Crippen molar-refractivity contribution in [1.82, 2.24) is 10.7 Å². The first-order valence-electron chi connectivity index (χ1n) is 5.73. The predicted octanol–water partition coefficient (Wildman–Crippen LogP) is 0.757. The molecule has 0 unspecified atom stereocenters. The molecule has 0 radical (unpaired) electrons. The second kappa shape index (κ2) is 5.99. The number of nitrogens with zero attached hydrogens (tertiary/aromatic N) is 1. The van der Waals surface area contributed by atoms with E-state index in [4.69, 9.17) is 0 Å². The summed E-state index contributed by atoms with van der Waals surface area (Å²) in [6, 6.07) is 6.51. The van der Waals surface area contributed by atoms with Gasteiger partial charge >= 0.3 is 11.8 Å². The molecular weight excluding hydrogens is 246 g/mol. The largest absolute Gasteiger partial charge is 0.507 e. The minimum absolute atomic E-state index is 0.0413. The number of amides is 2. The van der Waals surface area contributed by atoms with Crippen molar-refractivity contribution >= 4 is 18.0 Å². The van der Waals surface area contributed by atoms with Crippen LogP contribution >= 0.6 is 0 Å². The van der Waals surface area contributed by atoms with E-state index in [1.807, 2.05) is 0 Å². The van der Waals surface area contributed by atoms with Gasteiger partial charge in [-0.1, -0.05) is 12.1 Å². The number of nitrogens with one attached hydrogen (secondary N) is 2. The maximum Gasteiger partial charge on any atom is 0.329 e. The van der Waals surface area contributed by atoms with Gasteiger partial charge < -0.3 is 10.4 Å². The lowest BCUT2D eigenvalue weighted by atomic mass is 10.1. The average molecular weight is 263 g/mol. The van der Waals surface area contributed by atoms with Gasteiger partial charge in [0.15, 0.2) is 0 Å². The van der Waals surface area contributed by atoms with E-state index < -0.39 is 17.4 Å². The Morgan fingerprint density at radius 2 is 1.84 bits per heavy atom.